The minimum absolute atomic E-state index is 0.0827. The maximum absolute atomic E-state index is 12.8. The SMILES string of the molecule is CSc1ncc(C(=O)N2Cc3nnc(-c4ccccc4)n3[C@@H](C)C2)cn1. The van der Waals surface area contributed by atoms with Gasteiger partial charge in [-0.25, -0.2) is 9.97 Å². The predicted molar refractivity (Wildman–Crippen MR) is 98.7 cm³/mol. The van der Waals surface area contributed by atoms with E-state index >= 15 is 0 Å². The van der Waals surface area contributed by atoms with Crippen LogP contribution in [-0.2, 0) is 6.54 Å². The van der Waals surface area contributed by atoms with Crippen LogP contribution in [0.25, 0.3) is 11.4 Å². The molecule has 3 heterocycles. The van der Waals surface area contributed by atoms with Gasteiger partial charge in [-0.2, -0.15) is 0 Å². The van der Waals surface area contributed by atoms with Crippen LogP contribution >= 0.6 is 11.8 Å². The zero-order valence-corrected chi connectivity index (χ0v) is 15.3. The van der Waals surface area contributed by atoms with Gasteiger partial charge in [0.25, 0.3) is 5.91 Å². The van der Waals surface area contributed by atoms with Gasteiger partial charge in [0, 0.05) is 24.5 Å². The zero-order chi connectivity index (χ0) is 18.1. The Kier molecular flexibility index (Phi) is 4.42. The molecule has 1 atom stereocenters. The van der Waals surface area contributed by atoms with Crippen LogP contribution in [0.2, 0.25) is 0 Å². The minimum Gasteiger partial charge on any atom is -0.329 e. The molecule has 0 spiro atoms. The lowest BCUT2D eigenvalue weighted by atomic mass is 10.1. The standard InChI is InChI=1S/C18H18N6OS/c1-12-10-23(17(25)14-8-19-18(26-2)20-9-14)11-15-21-22-16(24(12)15)13-6-4-3-5-7-13/h3-9,12H,10-11H2,1-2H3/t12-/m0/s1. The van der Waals surface area contributed by atoms with Gasteiger partial charge >= 0.3 is 0 Å². The number of aromatic nitrogens is 5. The molecule has 1 aliphatic heterocycles. The highest BCUT2D eigenvalue weighted by Crippen LogP contribution is 2.28. The molecule has 2 aromatic heterocycles. The number of benzene rings is 1. The molecule has 0 saturated carbocycles. The predicted octanol–water partition coefficient (Wildman–Crippen LogP) is 2.67. The summed E-state index contributed by atoms with van der Waals surface area (Å²) in [5.41, 5.74) is 1.52. The van der Waals surface area contributed by atoms with Gasteiger partial charge in [0.15, 0.2) is 16.8 Å². The molecule has 8 heteroatoms. The summed E-state index contributed by atoms with van der Waals surface area (Å²) < 4.78 is 2.12. The third-order valence-electron chi connectivity index (χ3n) is 4.40. The highest BCUT2D eigenvalue weighted by atomic mass is 32.2. The van der Waals surface area contributed by atoms with Gasteiger partial charge in [-0.1, -0.05) is 42.1 Å². The Hall–Kier alpha value is -2.74. The van der Waals surface area contributed by atoms with Gasteiger partial charge in [0.05, 0.1) is 18.2 Å². The van der Waals surface area contributed by atoms with Gasteiger partial charge < -0.3 is 9.47 Å². The van der Waals surface area contributed by atoms with E-state index in [1.807, 2.05) is 36.6 Å². The van der Waals surface area contributed by atoms with Crippen LogP contribution in [0.5, 0.6) is 0 Å². The smallest absolute Gasteiger partial charge is 0.257 e. The molecule has 0 unspecified atom stereocenters. The molecule has 4 rings (SSSR count). The Morgan fingerprint density at radius 3 is 2.58 bits per heavy atom. The lowest BCUT2D eigenvalue weighted by molar-refractivity contribution is 0.0681. The fourth-order valence-electron chi connectivity index (χ4n) is 3.18. The van der Waals surface area contributed by atoms with Crippen molar-refractivity contribution in [3.05, 3.63) is 54.1 Å². The van der Waals surface area contributed by atoms with E-state index < -0.39 is 0 Å². The highest BCUT2D eigenvalue weighted by molar-refractivity contribution is 7.98. The van der Waals surface area contributed by atoms with Crippen LogP contribution in [0.4, 0.5) is 0 Å². The van der Waals surface area contributed by atoms with Crippen LogP contribution in [0, 0.1) is 0 Å². The Bertz CT molecular complexity index is 925. The first kappa shape index (κ1) is 16.7. The van der Waals surface area contributed by atoms with Gasteiger partial charge in [-0.05, 0) is 13.2 Å². The van der Waals surface area contributed by atoms with E-state index in [0.717, 1.165) is 17.2 Å². The Morgan fingerprint density at radius 2 is 1.88 bits per heavy atom. The van der Waals surface area contributed by atoms with Gasteiger partial charge in [-0.3, -0.25) is 4.79 Å². The van der Waals surface area contributed by atoms with Crippen LogP contribution in [0.1, 0.15) is 29.1 Å². The quantitative estimate of drug-likeness (QED) is 0.524. The molecule has 1 amide bonds. The van der Waals surface area contributed by atoms with E-state index in [1.54, 1.807) is 17.3 Å². The number of thioether (sulfide) groups is 1. The third kappa shape index (κ3) is 2.96. The first-order valence-corrected chi connectivity index (χ1v) is 9.54. The monoisotopic (exact) mass is 366 g/mol. The van der Waals surface area contributed by atoms with E-state index in [4.69, 9.17) is 0 Å². The number of hydrogen-bond donors (Lipinski definition) is 0. The second kappa shape index (κ2) is 6.87. The molecule has 3 aromatic rings. The van der Waals surface area contributed by atoms with Crippen LogP contribution in [0.3, 0.4) is 0 Å². The molecule has 0 saturated heterocycles. The molecule has 7 nitrogen and oxygen atoms in total. The van der Waals surface area contributed by atoms with Gasteiger partial charge in [-0.15, -0.1) is 10.2 Å². The summed E-state index contributed by atoms with van der Waals surface area (Å²) in [6.07, 6.45) is 5.07. The highest BCUT2D eigenvalue weighted by Gasteiger charge is 2.30. The summed E-state index contributed by atoms with van der Waals surface area (Å²) in [5.74, 6) is 1.55. The Balaban J connectivity index is 1.60. The van der Waals surface area contributed by atoms with Gasteiger partial charge in [0.2, 0.25) is 0 Å². The molecule has 0 fully saturated rings. The summed E-state index contributed by atoms with van der Waals surface area (Å²) in [6, 6.07) is 10.1. The Morgan fingerprint density at radius 1 is 1.15 bits per heavy atom. The number of fused-ring (bicyclic) bond motifs is 1. The summed E-state index contributed by atoms with van der Waals surface area (Å²) in [4.78, 5) is 23.0. The first-order chi connectivity index (χ1) is 12.7. The molecule has 0 aliphatic carbocycles. The summed E-state index contributed by atoms with van der Waals surface area (Å²) in [6.45, 7) is 3.09. The lowest BCUT2D eigenvalue weighted by Crippen LogP contribution is -2.40. The van der Waals surface area contributed by atoms with Crippen molar-refractivity contribution in [1.29, 1.82) is 0 Å². The van der Waals surface area contributed by atoms with Crippen molar-refractivity contribution < 1.29 is 4.79 Å². The summed E-state index contributed by atoms with van der Waals surface area (Å²) >= 11 is 1.45. The van der Waals surface area contributed by atoms with E-state index in [-0.39, 0.29) is 11.9 Å². The molecular formula is C18H18N6OS. The van der Waals surface area contributed by atoms with E-state index in [0.29, 0.717) is 23.8 Å². The number of hydrogen-bond acceptors (Lipinski definition) is 6. The van der Waals surface area contributed by atoms with E-state index in [9.17, 15) is 4.79 Å². The molecule has 26 heavy (non-hydrogen) atoms. The lowest BCUT2D eigenvalue weighted by Gasteiger charge is -2.32. The number of rotatable bonds is 3. The molecule has 1 aliphatic rings. The average molecular weight is 366 g/mol. The van der Waals surface area contributed by atoms with E-state index in [1.165, 1.54) is 11.8 Å². The number of carbonyl (C=O) groups excluding carboxylic acids is 1. The normalized spacial score (nSPS) is 16.4. The summed E-state index contributed by atoms with van der Waals surface area (Å²) in [7, 11) is 0. The second-order valence-electron chi connectivity index (χ2n) is 6.17. The Labute approximate surface area is 155 Å². The maximum Gasteiger partial charge on any atom is 0.257 e. The average Bonchev–Trinajstić information content (AvgIpc) is 3.13. The minimum atomic E-state index is -0.0833. The number of amides is 1. The van der Waals surface area contributed by atoms with Crippen LogP contribution in [0.15, 0.2) is 47.9 Å². The van der Waals surface area contributed by atoms with Crippen molar-refractivity contribution in [2.45, 2.75) is 24.7 Å². The van der Waals surface area contributed by atoms with Crippen molar-refractivity contribution in [1.82, 2.24) is 29.6 Å². The van der Waals surface area contributed by atoms with Crippen molar-refractivity contribution in [3.63, 3.8) is 0 Å². The van der Waals surface area contributed by atoms with Crippen molar-refractivity contribution in [2.24, 2.45) is 0 Å². The molecule has 132 valence electrons. The van der Waals surface area contributed by atoms with Crippen molar-refractivity contribution in [2.75, 3.05) is 12.8 Å². The van der Waals surface area contributed by atoms with Crippen LogP contribution in [-0.4, -0.2) is 48.3 Å². The number of nitrogens with zero attached hydrogens (tertiary/aromatic N) is 6. The molecule has 1 aromatic carbocycles. The molecule has 0 bridgehead atoms. The van der Waals surface area contributed by atoms with Gasteiger partial charge in [0.1, 0.15) is 0 Å². The zero-order valence-electron chi connectivity index (χ0n) is 14.5. The van der Waals surface area contributed by atoms with Crippen molar-refractivity contribution in [3.8, 4) is 11.4 Å². The fraction of sp³-hybridized carbons (Fsp3) is 0.278. The van der Waals surface area contributed by atoms with Crippen molar-refractivity contribution >= 4 is 17.7 Å². The maximum atomic E-state index is 12.8. The molecular weight excluding hydrogens is 348 g/mol. The van der Waals surface area contributed by atoms with E-state index in [2.05, 4.69) is 31.7 Å². The number of carbonyl (C=O) groups is 1. The fourth-order valence-corrected chi connectivity index (χ4v) is 3.50. The largest absolute Gasteiger partial charge is 0.329 e. The van der Waals surface area contributed by atoms with Crippen LogP contribution < -0.4 is 0 Å². The molecule has 0 radical (unpaired) electrons. The molecule has 0 N–H and O–H groups in total. The third-order valence-corrected chi connectivity index (χ3v) is 4.98. The first-order valence-electron chi connectivity index (χ1n) is 8.32. The summed E-state index contributed by atoms with van der Waals surface area (Å²) in [5, 5.41) is 9.33. The topological polar surface area (TPSA) is 76.8 Å². The second-order valence-corrected chi connectivity index (χ2v) is 6.94.